The summed E-state index contributed by atoms with van der Waals surface area (Å²) in [4.78, 5) is 13.0. The number of halogens is 4. The molecule has 0 unspecified atom stereocenters. The summed E-state index contributed by atoms with van der Waals surface area (Å²) in [6, 6.07) is 5.82. The van der Waals surface area contributed by atoms with Crippen molar-refractivity contribution in [3.63, 3.8) is 0 Å². The summed E-state index contributed by atoms with van der Waals surface area (Å²) in [6.45, 7) is 10.0. The summed E-state index contributed by atoms with van der Waals surface area (Å²) in [6.07, 6.45) is -4.22. The van der Waals surface area contributed by atoms with E-state index in [-0.39, 0.29) is 12.1 Å². The molecule has 12 heteroatoms. The van der Waals surface area contributed by atoms with Crippen molar-refractivity contribution in [1.82, 2.24) is 19.8 Å². The Morgan fingerprint density at radius 3 is 2.39 bits per heavy atom. The molecule has 7 nitrogen and oxygen atoms in total. The number of piperazine rings is 1. The highest BCUT2D eigenvalue weighted by Gasteiger charge is 2.32. The van der Waals surface area contributed by atoms with Gasteiger partial charge in [-0.15, -0.1) is 11.3 Å². The zero-order chi connectivity index (χ0) is 27.4. The highest BCUT2D eigenvalue weighted by atomic mass is 35.5. The lowest BCUT2D eigenvalue weighted by Gasteiger charge is -2.34. The molecule has 0 amide bonds. The van der Waals surface area contributed by atoms with Gasteiger partial charge in [0.2, 0.25) is 0 Å². The summed E-state index contributed by atoms with van der Waals surface area (Å²) in [7, 11) is 0. The summed E-state index contributed by atoms with van der Waals surface area (Å²) >= 11 is 8.29. The van der Waals surface area contributed by atoms with E-state index < -0.39 is 12.7 Å². The smallest absolute Gasteiger partial charge is 0.401 e. The molecular formula is C26H33ClF3N5O2S. The summed E-state index contributed by atoms with van der Waals surface area (Å²) in [5, 5.41) is 7.22. The molecular weight excluding hydrogens is 539 g/mol. The Morgan fingerprint density at radius 2 is 1.74 bits per heavy atom. The number of thiazole rings is 1. The van der Waals surface area contributed by atoms with Crippen molar-refractivity contribution in [2.24, 2.45) is 0 Å². The minimum Gasteiger partial charge on any atom is -0.491 e. The quantitative estimate of drug-likeness (QED) is 0.312. The predicted molar refractivity (Wildman–Crippen MR) is 147 cm³/mol. The third kappa shape index (κ3) is 7.62. The van der Waals surface area contributed by atoms with Crippen LogP contribution in [0.5, 0.6) is 11.5 Å². The van der Waals surface area contributed by atoms with E-state index >= 15 is 0 Å². The average molecular weight is 572 g/mol. The van der Waals surface area contributed by atoms with Crippen molar-refractivity contribution in [1.29, 1.82) is 0 Å². The number of anilines is 1. The number of ether oxygens (including phenoxy) is 2. The fourth-order valence-corrected chi connectivity index (χ4v) is 5.33. The van der Waals surface area contributed by atoms with Crippen LogP contribution in [0, 0.1) is 0 Å². The Bertz CT molecular complexity index is 1230. The molecule has 4 rings (SSSR count). The van der Waals surface area contributed by atoms with E-state index in [4.69, 9.17) is 26.1 Å². The molecule has 2 aromatic heterocycles. The van der Waals surface area contributed by atoms with Crippen molar-refractivity contribution < 1.29 is 22.6 Å². The second-order valence-corrected chi connectivity index (χ2v) is 11.1. The first-order valence-electron chi connectivity index (χ1n) is 12.6. The average Bonchev–Trinajstić information content (AvgIpc) is 3.28. The van der Waals surface area contributed by atoms with Crippen molar-refractivity contribution in [3.05, 3.63) is 28.6 Å². The minimum absolute atomic E-state index is 0.0478. The van der Waals surface area contributed by atoms with E-state index in [1.807, 2.05) is 31.4 Å². The van der Waals surface area contributed by atoms with Crippen LogP contribution in [-0.2, 0) is 0 Å². The van der Waals surface area contributed by atoms with Gasteiger partial charge in [0.1, 0.15) is 28.8 Å². The number of fused-ring (bicyclic) bond motifs is 1. The van der Waals surface area contributed by atoms with Crippen molar-refractivity contribution in [2.75, 3.05) is 51.2 Å². The van der Waals surface area contributed by atoms with Gasteiger partial charge in [-0.2, -0.15) is 13.2 Å². The number of nitrogens with zero attached hydrogens (tertiary/aromatic N) is 4. The molecule has 0 bridgehead atoms. The van der Waals surface area contributed by atoms with Gasteiger partial charge < -0.3 is 14.8 Å². The van der Waals surface area contributed by atoms with Crippen molar-refractivity contribution in [3.8, 4) is 22.9 Å². The van der Waals surface area contributed by atoms with E-state index in [0.717, 1.165) is 16.2 Å². The van der Waals surface area contributed by atoms with Crippen LogP contribution in [-0.4, -0.2) is 84.0 Å². The van der Waals surface area contributed by atoms with Gasteiger partial charge in [0.15, 0.2) is 5.13 Å². The Balaban J connectivity index is 1.49. The standard InChI is InChI=1S/C26H33ClF3N5O2S/c1-16(2)31-25-33-20(14-38-25)19-13-22(37-17(3)4)18-5-6-21(23(27)24(18)32-19)36-12-11-34-7-9-35(10-8-34)15-26(28,29)30/h5-6,13-14,16-17H,7-12,15H2,1-4H3,(H,31,33). The number of aromatic nitrogens is 2. The molecule has 0 aliphatic carbocycles. The van der Waals surface area contributed by atoms with E-state index in [2.05, 4.69) is 29.0 Å². The second kappa shape index (κ2) is 12.2. The molecule has 0 atom stereocenters. The molecule has 3 aromatic rings. The summed E-state index contributed by atoms with van der Waals surface area (Å²) < 4.78 is 50.0. The van der Waals surface area contributed by atoms with E-state index in [0.29, 0.717) is 67.1 Å². The number of hydrogen-bond acceptors (Lipinski definition) is 8. The zero-order valence-corrected chi connectivity index (χ0v) is 23.5. The van der Waals surface area contributed by atoms with Crippen molar-refractivity contribution in [2.45, 2.75) is 46.0 Å². The number of pyridine rings is 1. The molecule has 1 N–H and O–H groups in total. The number of hydrogen-bond donors (Lipinski definition) is 1. The lowest BCUT2D eigenvalue weighted by molar-refractivity contribution is -0.149. The first kappa shape index (κ1) is 28.7. The molecule has 0 spiro atoms. The Hall–Kier alpha value is -2.34. The van der Waals surface area contributed by atoms with Crippen LogP contribution < -0.4 is 14.8 Å². The van der Waals surface area contributed by atoms with Crippen LogP contribution in [0.1, 0.15) is 27.7 Å². The predicted octanol–water partition coefficient (Wildman–Crippen LogP) is 6.18. The van der Waals surface area contributed by atoms with Crippen LogP contribution in [0.2, 0.25) is 5.02 Å². The fraction of sp³-hybridized carbons (Fsp3) is 0.538. The third-order valence-electron chi connectivity index (χ3n) is 5.92. The van der Waals surface area contributed by atoms with Gasteiger partial charge in [-0.25, -0.2) is 9.97 Å². The van der Waals surface area contributed by atoms with Crippen LogP contribution in [0.25, 0.3) is 22.3 Å². The highest BCUT2D eigenvalue weighted by molar-refractivity contribution is 7.14. The third-order valence-corrected chi connectivity index (χ3v) is 7.06. The lowest BCUT2D eigenvalue weighted by Crippen LogP contribution is -2.49. The number of nitrogens with one attached hydrogen (secondary N) is 1. The van der Waals surface area contributed by atoms with Crippen LogP contribution in [0.4, 0.5) is 18.3 Å². The van der Waals surface area contributed by atoms with E-state index in [9.17, 15) is 13.2 Å². The molecule has 0 radical (unpaired) electrons. The molecule has 38 heavy (non-hydrogen) atoms. The normalized spacial score (nSPS) is 15.5. The summed E-state index contributed by atoms with van der Waals surface area (Å²) in [5.41, 5.74) is 1.93. The largest absolute Gasteiger partial charge is 0.491 e. The van der Waals surface area contributed by atoms with Gasteiger partial charge in [0.05, 0.1) is 23.9 Å². The van der Waals surface area contributed by atoms with Gasteiger partial charge >= 0.3 is 6.18 Å². The number of rotatable bonds is 10. The number of benzene rings is 1. The lowest BCUT2D eigenvalue weighted by atomic mass is 10.1. The van der Waals surface area contributed by atoms with E-state index in [1.165, 1.54) is 16.2 Å². The minimum atomic E-state index is -4.17. The molecule has 208 valence electrons. The zero-order valence-electron chi connectivity index (χ0n) is 21.9. The van der Waals surface area contributed by atoms with Crippen molar-refractivity contribution >= 4 is 39.0 Å². The molecule has 3 heterocycles. The fourth-order valence-electron chi connectivity index (χ4n) is 4.22. The Morgan fingerprint density at radius 1 is 1.03 bits per heavy atom. The SMILES string of the molecule is CC(C)Nc1nc(-c2cc(OC(C)C)c3ccc(OCCN4CCN(CC(F)(F)F)CC4)c(Cl)c3n2)cs1. The molecule has 1 aliphatic heterocycles. The Labute approximate surface area is 229 Å². The Kier molecular flexibility index (Phi) is 9.23. The van der Waals surface area contributed by atoms with Gasteiger partial charge in [-0.1, -0.05) is 11.6 Å². The van der Waals surface area contributed by atoms with E-state index in [1.54, 1.807) is 6.07 Å². The van der Waals surface area contributed by atoms with Gasteiger partial charge in [0, 0.05) is 55.6 Å². The molecule has 1 aliphatic rings. The molecule has 1 aromatic carbocycles. The first-order valence-corrected chi connectivity index (χ1v) is 13.9. The maximum atomic E-state index is 12.6. The van der Waals surface area contributed by atoms with Gasteiger partial charge in [-0.3, -0.25) is 9.80 Å². The first-order chi connectivity index (χ1) is 18.0. The monoisotopic (exact) mass is 571 g/mol. The molecule has 1 fully saturated rings. The van der Waals surface area contributed by atoms with Crippen LogP contribution in [0.3, 0.4) is 0 Å². The summed E-state index contributed by atoms with van der Waals surface area (Å²) in [5.74, 6) is 1.16. The van der Waals surface area contributed by atoms with Gasteiger partial charge in [-0.05, 0) is 39.8 Å². The van der Waals surface area contributed by atoms with Crippen LogP contribution >= 0.6 is 22.9 Å². The maximum Gasteiger partial charge on any atom is 0.401 e. The van der Waals surface area contributed by atoms with Gasteiger partial charge in [0.25, 0.3) is 0 Å². The highest BCUT2D eigenvalue weighted by Crippen LogP contribution is 2.39. The molecule has 1 saturated heterocycles. The maximum absolute atomic E-state index is 12.6. The van der Waals surface area contributed by atoms with Crippen LogP contribution in [0.15, 0.2) is 23.6 Å². The second-order valence-electron chi connectivity index (χ2n) is 9.86. The molecule has 0 saturated carbocycles. The topological polar surface area (TPSA) is 62.8 Å². The number of alkyl halides is 3.